The lowest BCUT2D eigenvalue weighted by Gasteiger charge is -2.47. The Hall–Kier alpha value is -0.880. The predicted octanol–water partition coefficient (Wildman–Crippen LogP) is -3.24. The zero-order valence-electron chi connectivity index (χ0n) is 37.7. The van der Waals surface area contributed by atoms with Gasteiger partial charge in [-0.15, -0.1) is 0 Å². The lowest BCUT2D eigenvalue weighted by molar-refractivity contribution is -0.365. The summed E-state index contributed by atoms with van der Waals surface area (Å²) in [5.74, 6) is 0. The molecule has 4 aliphatic heterocycles. The summed E-state index contributed by atoms with van der Waals surface area (Å²) in [7, 11) is 0. The number of unbranched alkanes of at least 4 members (excludes halogenated alkanes) is 10. The maximum absolute atomic E-state index is 11.4. The lowest BCUT2D eigenvalue weighted by atomic mass is 9.79. The smallest absolute Gasteiger partial charge is 0.187 e. The SMILES string of the molecule is CCCCCCCCC(CCCCCCCC)(CO[C@@H]1O[C@H](CO)[C@@H](O[C@H]2O[C@H](CO)[C@@H](O)[C@H](O)[C@H]2O)[C@H](O)C1O)CO[C@@H]1O[C@H](CO)[C@@H](O[C@H]2O[C@H](CO)[C@@H](O)[C@H](O)[C@H]2O)[C@H](O)[C@H]1O. The van der Waals surface area contributed by atoms with E-state index in [0.717, 1.165) is 77.0 Å². The highest BCUT2D eigenvalue weighted by Crippen LogP contribution is 2.38. The van der Waals surface area contributed by atoms with Crippen LogP contribution in [-0.2, 0) is 37.9 Å². The summed E-state index contributed by atoms with van der Waals surface area (Å²) in [5.41, 5.74) is -0.867. The van der Waals surface area contributed by atoms with E-state index in [0.29, 0.717) is 12.8 Å². The average molecular weight is 949 g/mol. The van der Waals surface area contributed by atoms with Gasteiger partial charge in [-0.25, -0.2) is 0 Å². The Bertz CT molecular complexity index is 1190. The Labute approximate surface area is 380 Å². The zero-order chi connectivity index (χ0) is 47.8. The third-order valence-corrected chi connectivity index (χ3v) is 13.1. The van der Waals surface area contributed by atoms with Crippen LogP contribution in [0.2, 0.25) is 0 Å². The molecule has 0 amide bonds. The summed E-state index contributed by atoms with van der Waals surface area (Å²) < 4.78 is 46.7. The van der Waals surface area contributed by atoms with Gasteiger partial charge < -0.3 is 109 Å². The second-order valence-electron chi connectivity index (χ2n) is 18.2. The molecule has 4 aliphatic rings. The Morgan fingerprint density at radius 2 is 0.662 bits per heavy atom. The van der Waals surface area contributed by atoms with Gasteiger partial charge in [-0.2, -0.15) is 0 Å². The van der Waals surface area contributed by atoms with E-state index in [1.165, 1.54) is 0 Å². The second-order valence-corrected chi connectivity index (χ2v) is 18.2. The molecule has 22 heteroatoms. The van der Waals surface area contributed by atoms with Crippen LogP contribution in [-0.4, -0.2) is 234 Å². The molecule has 0 aliphatic carbocycles. The number of hydrogen-bond acceptors (Lipinski definition) is 22. The largest absolute Gasteiger partial charge is 0.394 e. The van der Waals surface area contributed by atoms with Crippen LogP contribution in [0.5, 0.6) is 0 Å². The summed E-state index contributed by atoms with van der Waals surface area (Å²) in [5, 5.41) is 147. The van der Waals surface area contributed by atoms with Crippen molar-refractivity contribution in [3.05, 3.63) is 0 Å². The van der Waals surface area contributed by atoms with Gasteiger partial charge >= 0.3 is 0 Å². The first-order chi connectivity index (χ1) is 31.1. The van der Waals surface area contributed by atoms with Gasteiger partial charge in [-0.3, -0.25) is 0 Å². The highest BCUT2D eigenvalue weighted by molar-refractivity contribution is 4.96. The Morgan fingerprint density at radius 3 is 1.00 bits per heavy atom. The molecule has 0 radical (unpaired) electrons. The minimum Gasteiger partial charge on any atom is -0.394 e. The number of aliphatic hydroxyl groups excluding tert-OH is 14. The van der Waals surface area contributed by atoms with Crippen LogP contribution in [0, 0.1) is 5.41 Å². The molecule has 65 heavy (non-hydrogen) atoms. The fraction of sp³-hybridized carbons (Fsp3) is 1.00. The van der Waals surface area contributed by atoms with Crippen LogP contribution in [0.25, 0.3) is 0 Å². The van der Waals surface area contributed by atoms with Crippen molar-refractivity contribution in [1.29, 1.82) is 0 Å². The van der Waals surface area contributed by atoms with E-state index in [9.17, 15) is 71.5 Å². The summed E-state index contributed by atoms with van der Waals surface area (Å²) in [6.45, 7) is 0.951. The Kier molecular flexibility index (Phi) is 24.5. The van der Waals surface area contributed by atoms with E-state index < -0.39 is 155 Å². The van der Waals surface area contributed by atoms with Crippen molar-refractivity contribution in [1.82, 2.24) is 0 Å². The first-order valence-corrected chi connectivity index (χ1v) is 23.5. The average Bonchev–Trinajstić information content (AvgIpc) is 3.30. The number of ether oxygens (including phenoxy) is 8. The summed E-state index contributed by atoms with van der Waals surface area (Å²) >= 11 is 0. The van der Waals surface area contributed by atoms with E-state index in [4.69, 9.17) is 37.9 Å². The van der Waals surface area contributed by atoms with Crippen LogP contribution in [0.15, 0.2) is 0 Å². The third kappa shape index (κ3) is 15.1. The van der Waals surface area contributed by atoms with Gasteiger partial charge in [0.15, 0.2) is 25.2 Å². The van der Waals surface area contributed by atoms with Crippen molar-refractivity contribution in [2.75, 3.05) is 39.6 Å². The molecule has 22 nitrogen and oxygen atoms in total. The van der Waals surface area contributed by atoms with Gasteiger partial charge in [-0.1, -0.05) is 90.9 Å². The van der Waals surface area contributed by atoms with E-state index in [1.807, 2.05) is 0 Å². The molecule has 4 heterocycles. The molecule has 4 rings (SSSR count). The third-order valence-electron chi connectivity index (χ3n) is 13.1. The molecule has 0 bridgehead atoms. The quantitative estimate of drug-likeness (QED) is 0.0343. The predicted molar refractivity (Wildman–Crippen MR) is 223 cm³/mol. The van der Waals surface area contributed by atoms with E-state index in [2.05, 4.69) is 13.8 Å². The molecule has 4 saturated heterocycles. The number of rotatable bonds is 28. The minimum absolute atomic E-state index is 0.139. The number of hydrogen-bond donors (Lipinski definition) is 14. The maximum atomic E-state index is 11.4. The molecular formula is C43H80O22. The van der Waals surface area contributed by atoms with Crippen molar-refractivity contribution < 1.29 is 109 Å². The molecule has 384 valence electrons. The molecule has 14 N–H and O–H groups in total. The van der Waals surface area contributed by atoms with Gasteiger partial charge in [0, 0.05) is 5.41 Å². The first-order valence-electron chi connectivity index (χ1n) is 23.5. The zero-order valence-corrected chi connectivity index (χ0v) is 37.7. The summed E-state index contributed by atoms with van der Waals surface area (Å²) in [4.78, 5) is 0. The highest BCUT2D eigenvalue weighted by atomic mass is 16.8. The molecule has 0 saturated carbocycles. The van der Waals surface area contributed by atoms with Gasteiger partial charge in [0.2, 0.25) is 0 Å². The molecule has 1 unspecified atom stereocenters. The van der Waals surface area contributed by atoms with Gasteiger partial charge in [-0.05, 0) is 12.8 Å². The summed E-state index contributed by atoms with van der Waals surface area (Å²) in [6, 6.07) is 0. The first kappa shape index (κ1) is 56.7. The maximum Gasteiger partial charge on any atom is 0.187 e. The van der Waals surface area contributed by atoms with Crippen LogP contribution in [0.3, 0.4) is 0 Å². The van der Waals surface area contributed by atoms with Crippen LogP contribution >= 0.6 is 0 Å². The van der Waals surface area contributed by atoms with Gasteiger partial charge in [0.05, 0.1) is 39.6 Å². The molecule has 0 spiro atoms. The normalized spacial score (nSPS) is 40.6. The van der Waals surface area contributed by atoms with Crippen LogP contribution in [0.4, 0.5) is 0 Å². The Morgan fingerprint density at radius 1 is 0.354 bits per heavy atom. The minimum atomic E-state index is -1.84. The molecule has 4 fully saturated rings. The van der Waals surface area contributed by atoms with E-state index in [1.54, 1.807) is 0 Å². The molecule has 0 aromatic rings. The van der Waals surface area contributed by atoms with Gasteiger partial charge in [0.25, 0.3) is 0 Å². The molecule has 0 aromatic heterocycles. The van der Waals surface area contributed by atoms with Crippen molar-refractivity contribution in [3.63, 3.8) is 0 Å². The molecule has 20 atom stereocenters. The standard InChI is InChI=1S/C43H80O22/c1-3-5-7-9-11-13-15-43(16-14-12-10-8-6-4-2,21-58-39-35(56)31(52)37(25(19-46)62-39)64-41-33(54)29(50)27(48)23(17-44)60-41)22-59-40-36(57)32(53)38(26(20-47)63-40)65-42-34(55)30(51)28(49)24(18-45)61-42/h23-42,44-57H,3-22H2,1-2H3/t23-,24-,25-,26-,27-,28-,29+,30+,31-,32-,33-,34-,35-,36?,37-,38-,39-,40-,41-,42-/m1/s1. The molecular weight excluding hydrogens is 868 g/mol. The van der Waals surface area contributed by atoms with Crippen molar-refractivity contribution >= 4 is 0 Å². The van der Waals surface area contributed by atoms with E-state index in [-0.39, 0.29) is 13.2 Å². The summed E-state index contributed by atoms with van der Waals surface area (Å²) in [6.07, 6.45) is -20.3. The lowest BCUT2D eigenvalue weighted by Crippen LogP contribution is -2.65. The van der Waals surface area contributed by atoms with E-state index >= 15 is 0 Å². The number of aliphatic hydroxyl groups is 14. The monoisotopic (exact) mass is 949 g/mol. The van der Waals surface area contributed by atoms with Crippen LogP contribution in [0.1, 0.15) is 104 Å². The highest BCUT2D eigenvalue weighted by Gasteiger charge is 2.53. The van der Waals surface area contributed by atoms with Gasteiger partial charge in [0.1, 0.15) is 97.7 Å². The fourth-order valence-electron chi connectivity index (χ4n) is 8.92. The molecule has 0 aromatic carbocycles. The fourth-order valence-corrected chi connectivity index (χ4v) is 8.92. The van der Waals surface area contributed by atoms with Crippen molar-refractivity contribution in [3.8, 4) is 0 Å². The second kappa shape index (κ2) is 28.1. The Balaban J connectivity index is 1.53. The topological polar surface area (TPSA) is 357 Å². The van der Waals surface area contributed by atoms with Crippen molar-refractivity contribution in [2.45, 2.75) is 227 Å². The van der Waals surface area contributed by atoms with Crippen LogP contribution < -0.4 is 0 Å². The van der Waals surface area contributed by atoms with Crippen molar-refractivity contribution in [2.24, 2.45) is 5.41 Å².